The summed E-state index contributed by atoms with van der Waals surface area (Å²) in [5.74, 6) is -2.35. The van der Waals surface area contributed by atoms with Crippen LogP contribution in [-0.2, 0) is 10.7 Å². The van der Waals surface area contributed by atoms with Gasteiger partial charge in [-0.3, -0.25) is 14.8 Å². The molecule has 1 fully saturated rings. The highest BCUT2D eigenvalue weighted by molar-refractivity contribution is 6.04. The van der Waals surface area contributed by atoms with E-state index in [0.29, 0.717) is 37.8 Å². The number of aliphatic hydroxyl groups is 1. The molecule has 196 valence electrons. The fraction of sp³-hybridized carbons (Fsp3) is 0.385. The van der Waals surface area contributed by atoms with E-state index in [1.54, 1.807) is 6.07 Å². The first-order valence-corrected chi connectivity index (χ1v) is 12.0. The van der Waals surface area contributed by atoms with Gasteiger partial charge >= 0.3 is 0 Å². The first-order chi connectivity index (χ1) is 17.7. The third kappa shape index (κ3) is 6.36. The molecule has 4 rings (SSSR count). The molecule has 0 unspecified atom stereocenters. The highest BCUT2D eigenvalue weighted by atomic mass is 19.3. The van der Waals surface area contributed by atoms with Crippen LogP contribution in [0.15, 0.2) is 42.7 Å². The fourth-order valence-corrected chi connectivity index (χ4v) is 4.07. The van der Waals surface area contributed by atoms with Crippen LogP contribution < -0.4 is 15.5 Å². The number of aliphatic hydroxyl groups excluding tert-OH is 1. The number of aryl methyl sites for hydroxylation is 1. The van der Waals surface area contributed by atoms with Gasteiger partial charge in [0.25, 0.3) is 11.8 Å². The zero-order chi connectivity index (χ0) is 26.6. The monoisotopic (exact) mass is 512 g/mol. The zero-order valence-electron chi connectivity index (χ0n) is 21.0. The largest absolute Gasteiger partial charge is 0.395 e. The van der Waals surface area contributed by atoms with E-state index in [1.165, 1.54) is 18.5 Å². The molecule has 0 aliphatic carbocycles. The number of anilines is 3. The number of amides is 1. The number of morpholine rings is 1. The van der Waals surface area contributed by atoms with Crippen molar-refractivity contribution in [3.63, 3.8) is 0 Å². The number of hydrogen-bond acceptors (Lipinski definition) is 8. The maximum absolute atomic E-state index is 13.7. The van der Waals surface area contributed by atoms with Crippen LogP contribution in [0.2, 0.25) is 0 Å². The molecule has 9 nitrogen and oxygen atoms in total. The lowest BCUT2D eigenvalue weighted by Gasteiger charge is -2.34. The average Bonchev–Trinajstić information content (AvgIpc) is 2.88. The number of rotatable bonds is 8. The summed E-state index contributed by atoms with van der Waals surface area (Å²) >= 11 is 0. The van der Waals surface area contributed by atoms with Crippen LogP contribution in [0.25, 0.3) is 11.1 Å². The molecule has 0 aromatic carbocycles. The molecule has 0 bridgehead atoms. The standard InChI is InChI=1S/C26H30F2N6O3/c1-16-15-37-9-7-34(16)24-12-19(11-23(33-24)30-6-8-35)21-13-20(14-31-17(21)2)32-25(36)18-4-5-29-22(10-18)26(3,27)28/h4-5,10-14,16,35H,6-9,15H2,1-3H3,(H,30,33)(H,32,36)/t16-/m1/s1. The second kappa shape index (κ2) is 11.1. The lowest BCUT2D eigenvalue weighted by Crippen LogP contribution is -2.44. The average molecular weight is 513 g/mol. The van der Waals surface area contributed by atoms with Crippen molar-refractivity contribution in [2.75, 3.05) is 48.4 Å². The van der Waals surface area contributed by atoms with Crippen molar-refractivity contribution in [1.29, 1.82) is 0 Å². The van der Waals surface area contributed by atoms with Gasteiger partial charge in [0.15, 0.2) is 0 Å². The molecule has 4 heterocycles. The van der Waals surface area contributed by atoms with Crippen molar-refractivity contribution in [2.24, 2.45) is 0 Å². The molecular formula is C26H30F2N6O3. The van der Waals surface area contributed by atoms with E-state index >= 15 is 0 Å². The van der Waals surface area contributed by atoms with Crippen molar-refractivity contribution >= 4 is 23.2 Å². The third-order valence-electron chi connectivity index (χ3n) is 6.02. The van der Waals surface area contributed by atoms with Crippen LogP contribution >= 0.6 is 0 Å². The fourth-order valence-electron chi connectivity index (χ4n) is 4.07. The smallest absolute Gasteiger partial charge is 0.286 e. The van der Waals surface area contributed by atoms with E-state index in [1.807, 2.05) is 19.1 Å². The highest BCUT2D eigenvalue weighted by Crippen LogP contribution is 2.31. The maximum Gasteiger partial charge on any atom is 0.286 e. The van der Waals surface area contributed by atoms with Gasteiger partial charge in [-0.15, -0.1) is 0 Å². The lowest BCUT2D eigenvalue weighted by atomic mass is 10.0. The summed E-state index contributed by atoms with van der Waals surface area (Å²) in [5.41, 5.74) is 2.32. The van der Waals surface area contributed by atoms with E-state index in [-0.39, 0.29) is 18.2 Å². The number of halogens is 2. The van der Waals surface area contributed by atoms with Crippen molar-refractivity contribution in [1.82, 2.24) is 15.0 Å². The highest BCUT2D eigenvalue weighted by Gasteiger charge is 2.27. The van der Waals surface area contributed by atoms with E-state index < -0.39 is 17.5 Å². The van der Waals surface area contributed by atoms with Crippen LogP contribution in [0.3, 0.4) is 0 Å². The zero-order valence-corrected chi connectivity index (χ0v) is 21.0. The second-order valence-corrected chi connectivity index (χ2v) is 9.00. The summed E-state index contributed by atoms with van der Waals surface area (Å²) in [6, 6.07) is 8.20. The molecule has 1 atom stereocenters. The Morgan fingerprint density at radius 1 is 1.27 bits per heavy atom. The summed E-state index contributed by atoms with van der Waals surface area (Å²) < 4.78 is 32.9. The summed E-state index contributed by atoms with van der Waals surface area (Å²) in [6.45, 7) is 6.83. The molecule has 1 aliphatic heterocycles. The molecule has 0 radical (unpaired) electrons. The lowest BCUT2D eigenvalue weighted by molar-refractivity contribution is 0.0127. The number of carbonyl (C=O) groups excluding carboxylic acids is 1. The van der Waals surface area contributed by atoms with Gasteiger partial charge in [0, 0.05) is 43.0 Å². The van der Waals surface area contributed by atoms with Gasteiger partial charge in [0.05, 0.1) is 37.7 Å². The SMILES string of the molecule is Cc1ncc(NC(=O)c2ccnc(C(C)(F)F)c2)cc1-c1cc(NCCO)nc(N2CCOC[C@H]2C)c1. The Bertz CT molecular complexity index is 1270. The summed E-state index contributed by atoms with van der Waals surface area (Å²) in [7, 11) is 0. The topological polar surface area (TPSA) is 112 Å². The number of pyridine rings is 3. The van der Waals surface area contributed by atoms with Gasteiger partial charge < -0.3 is 25.4 Å². The Balaban J connectivity index is 1.66. The minimum Gasteiger partial charge on any atom is -0.395 e. The number of carbonyl (C=O) groups is 1. The first-order valence-electron chi connectivity index (χ1n) is 12.0. The van der Waals surface area contributed by atoms with E-state index in [2.05, 4.69) is 32.4 Å². The molecule has 3 N–H and O–H groups in total. The number of nitrogens with one attached hydrogen (secondary N) is 2. The van der Waals surface area contributed by atoms with Crippen LogP contribution in [0, 0.1) is 6.92 Å². The Morgan fingerprint density at radius 2 is 2.08 bits per heavy atom. The molecule has 1 amide bonds. The van der Waals surface area contributed by atoms with E-state index in [9.17, 15) is 18.7 Å². The predicted octanol–water partition coefficient (Wildman–Crippen LogP) is 3.84. The Hall–Kier alpha value is -3.70. The Labute approximate surface area is 213 Å². The molecule has 0 spiro atoms. The molecule has 0 saturated carbocycles. The maximum atomic E-state index is 13.7. The number of hydrogen-bond donors (Lipinski definition) is 3. The number of alkyl halides is 2. The van der Waals surface area contributed by atoms with Gasteiger partial charge in [-0.25, -0.2) is 4.98 Å². The Kier molecular flexibility index (Phi) is 7.94. The number of aromatic nitrogens is 3. The summed E-state index contributed by atoms with van der Waals surface area (Å²) in [6.07, 6.45) is 2.71. The molecule has 1 saturated heterocycles. The normalized spacial score (nSPS) is 15.9. The van der Waals surface area contributed by atoms with Gasteiger partial charge in [-0.2, -0.15) is 8.78 Å². The molecular weight excluding hydrogens is 482 g/mol. The summed E-state index contributed by atoms with van der Waals surface area (Å²) in [4.78, 5) is 27.8. The van der Waals surface area contributed by atoms with Crippen molar-refractivity contribution < 1.29 is 23.4 Å². The van der Waals surface area contributed by atoms with Crippen LogP contribution in [0.4, 0.5) is 26.1 Å². The quantitative estimate of drug-likeness (QED) is 0.417. The first kappa shape index (κ1) is 26.4. The van der Waals surface area contributed by atoms with Gasteiger partial charge in [0.2, 0.25) is 0 Å². The number of ether oxygens (including phenoxy) is 1. The van der Waals surface area contributed by atoms with Crippen LogP contribution in [0.5, 0.6) is 0 Å². The van der Waals surface area contributed by atoms with Crippen LogP contribution in [0.1, 0.15) is 35.6 Å². The van der Waals surface area contributed by atoms with Gasteiger partial charge in [-0.1, -0.05) is 0 Å². The summed E-state index contributed by atoms with van der Waals surface area (Å²) in [5, 5.41) is 15.2. The van der Waals surface area contributed by atoms with Crippen molar-refractivity contribution in [3.05, 3.63) is 59.7 Å². The van der Waals surface area contributed by atoms with E-state index in [4.69, 9.17) is 9.72 Å². The van der Waals surface area contributed by atoms with Crippen LogP contribution in [-0.4, -0.2) is 64.9 Å². The number of nitrogens with zero attached hydrogens (tertiary/aromatic N) is 4. The van der Waals surface area contributed by atoms with Gasteiger partial charge in [-0.05, 0) is 49.7 Å². The molecule has 3 aromatic heterocycles. The van der Waals surface area contributed by atoms with Crippen molar-refractivity contribution in [2.45, 2.75) is 32.7 Å². The van der Waals surface area contributed by atoms with E-state index in [0.717, 1.165) is 35.6 Å². The second-order valence-electron chi connectivity index (χ2n) is 9.00. The molecule has 11 heteroatoms. The predicted molar refractivity (Wildman–Crippen MR) is 137 cm³/mol. The Morgan fingerprint density at radius 3 is 2.81 bits per heavy atom. The minimum absolute atomic E-state index is 0.0437. The minimum atomic E-state index is -3.16. The molecule has 3 aromatic rings. The van der Waals surface area contributed by atoms with Gasteiger partial charge in [0.1, 0.15) is 17.3 Å². The third-order valence-corrected chi connectivity index (χ3v) is 6.02. The molecule has 37 heavy (non-hydrogen) atoms. The molecule has 1 aliphatic rings. The van der Waals surface area contributed by atoms with Crippen molar-refractivity contribution in [3.8, 4) is 11.1 Å².